The van der Waals surface area contributed by atoms with Crippen LogP contribution in [0.5, 0.6) is 5.75 Å². The van der Waals surface area contributed by atoms with Crippen molar-refractivity contribution in [3.05, 3.63) is 65.4 Å². The molecule has 0 saturated carbocycles. The Bertz CT molecular complexity index is 903. The molecule has 0 spiro atoms. The lowest BCUT2D eigenvalue weighted by Gasteiger charge is -2.23. The maximum Gasteiger partial charge on any atom is 0.224 e. The molecule has 0 aliphatic heterocycles. The van der Waals surface area contributed by atoms with Gasteiger partial charge in [-0.3, -0.25) is 4.79 Å². The smallest absolute Gasteiger partial charge is 0.224 e. The fourth-order valence-electron chi connectivity index (χ4n) is 3.43. The van der Waals surface area contributed by atoms with Crippen LogP contribution in [0, 0.1) is 6.92 Å². The van der Waals surface area contributed by atoms with Gasteiger partial charge in [0.05, 0.1) is 7.11 Å². The van der Waals surface area contributed by atoms with Gasteiger partial charge in [-0.2, -0.15) is 0 Å². The number of aromatic nitrogens is 1. The minimum Gasteiger partial charge on any atom is -0.497 e. The predicted molar refractivity (Wildman–Crippen MR) is 109 cm³/mol. The first-order valence-corrected chi connectivity index (χ1v) is 9.29. The Morgan fingerprint density at radius 1 is 1.19 bits per heavy atom. The van der Waals surface area contributed by atoms with Gasteiger partial charge in [0.25, 0.3) is 0 Å². The standard InChI is InChI=1S/C22H27N3O2/c1-16-19(20-14-18(27-2)8-9-21(20)24-16)11-13-25(22(26)10-12-23)15-17-6-4-3-5-7-17/h3-9,14,24H,10-13,15,23H2,1-2H3. The quantitative estimate of drug-likeness (QED) is 0.643. The molecule has 0 bridgehead atoms. The monoisotopic (exact) mass is 365 g/mol. The van der Waals surface area contributed by atoms with E-state index in [1.54, 1.807) is 7.11 Å². The molecule has 5 heteroatoms. The molecule has 3 aromatic rings. The van der Waals surface area contributed by atoms with E-state index in [2.05, 4.69) is 18.0 Å². The maximum atomic E-state index is 12.6. The molecular formula is C22H27N3O2. The molecule has 0 radical (unpaired) electrons. The first-order valence-electron chi connectivity index (χ1n) is 9.29. The molecule has 0 aliphatic rings. The summed E-state index contributed by atoms with van der Waals surface area (Å²) in [5.41, 5.74) is 10.2. The molecule has 142 valence electrons. The number of carbonyl (C=O) groups excluding carboxylic acids is 1. The van der Waals surface area contributed by atoms with Gasteiger partial charge in [0.15, 0.2) is 0 Å². The number of hydrogen-bond donors (Lipinski definition) is 2. The van der Waals surface area contributed by atoms with Crippen LogP contribution in [0.3, 0.4) is 0 Å². The molecule has 0 atom stereocenters. The minimum atomic E-state index is 0.0939. The number of amides is 1. The van der Waals surface area contributed by atoms with Crippen LogP contribution in [0.15, 0.2) is 48.5 Å². The van der Waals surface area contributed by atoms with Crippen LogP contribution in [0.2, 0.25) is 0 Å². The molecule has 0 fully saturated rings. The number of aryl methyl sites for hydroxylation is 1. The molecule has 0 unspecified atom stereocenters. The molecule has 0 aliphatic carbocycles. The summed E-state index contributed by atoms with van der Waals surface area (Å²) in [4.78, 5) is 17.9. The minimum absolute atomic E-state index is 0.0939. The number of nitrogens with zero attached hydrogens (tertiary/aromatic N) is 1. The Balaban J connectivity index is 1.81. The van der Waals surface area contributed by atoms with E-state index in [0.29, 0.717) is 26.1 Å². The third-order valence-corrected chi connectivity index (χ3v) is 4.89. The van der Waals surface area contributed by atoms with Crippen LogP contribution in [0.25, 0.3) is 10.9 Å². The van der Waals surface area contributed by atoms with E-state index < -0.39 is 0 Å². The van der Waals surface area contributed by atoms with Gasteiger partial charge in [-0.15, -0.1) is 0 Å². The van der Waals surface area contributed by atoms with E-state index >= 15 is 0 Å². The fraction of sp³-hybridized carbons (Fsp3) is 0.318. The second kappa shape index (κ2) is 8.73. The summed E-state index contributed by atoms with van der Waals surface area (Å²) in [6, 6.07) is 16.1. The average molecular weight is 365 g/mol. The number of rotatable bonds is 8. The van der Waals surface area contributed by atoms with Crippen molar-refractivity contribution in [1.82, 2.24) is 9.88 Å². The Labute approximate surface area is 160 Å². The number of H-pyrrole nitrogens is 1. The van der Waals surface area contributed by atoms with Crippen LogP contribution >= 0.6 is 0 Å². The maximum absolute atomic E-state index is 12.6. The highest BCUT2D eigenvalue weighted by molar-refractivity contribution is 5.86. The van der Waals surface area contributed by atoms with Gasteiger partial charge < -0.3 is 20.4 Å². The molecule has 1 aromatic heterocycles. The second-order valence-corrected chi connectivity index (χ2v) is 6.73. The van der Waals surface area contributed by atoms with Crippen LogP contribution in [-0.4, -0.2) is 36.0 Å². The van der Waals surface area contributed by atoms with Crippen molar-refractivity contribution in [3.63, 3.8) is 0 Å². The number of ether oxygens (including phenoxy) is 1. The number of fused-ring (bicyclic) bond motifs is 1. The summed E-state index contributed by atoms with van der Waals surface area (Å²) < 4.78 is 5.37. The molecule has 2 aromatic carbocycles. The predicted octanol–water partition coefficient (Wildman–Crippen LogP) is 3.41. The molecule has 3 rings (SSSR count). The van der Waals surface area contributed by atoms with Gasteiger partial charge >= 0.3 is 0 Å². The van der Waals surface area contributed by atoms with Crippen molar-refractivity contribution in [2.45, 2.75) is 26.3 Å². The zero-order chi connectivity index (χ0) is 19.2. The van der Waals surface area contributed by atoms with Gasteiger partial charge in [-0.05, 0) is 42.7 Å². The van der Waals surface area contributed by atoms with Gasteiger partial charge in [0.2, 0.25) is 5.91 Å². The van der Waals surface area contributed by atoms with Crippen molar-refractivity contribution in [3.8, 4) is 5.75 Å². The molecular weight excluding hydrogens is 338 g/mol. The molecule has 27 heavy (non-hydrogen) atoms. The first-order chi connectivity index (χ1) is 13.1. The Kier molecular flexibility index (Phi) is 6.14. The summed E-state index contributed by atoms with van der Waals surface area (Å²) in [5.74, 6) is 0.930. The molecule has 5 nitrogen and oxygen atoms in total. The summed E-state index contributed by atoms with van der Waals surface area (Å²) in [7, 11) is 1.67. The Morgan fingerprint density at radius 2 is 1.96 bits per heavy atom. The summed E-state index contributed by atoms with van der Waals surface area (Å²) >= 11 is 0. The number of hydrogen-bond acceptors (Lipinski definition) is 3. The van der Waals surface area contributed by atoms with Crippen molar-refractivity contribution in [2.24, 2.45) is 5.73 Å². The van der Waals surface area contributed by atoms with E-state index in [-0.39, 0.29) is 5.91 Å². The normalized spacial score (nSPS) is 10.9. The van der Waals surface area contributed by atoms with Crippen LogP contribution in [-0.2, 0) is 17.8 Å². The SMILES string of the molecule is COc1ccc2[nH]c(C)c(CCN(Cc3ccccc3)C(=O)CCN)c2c1. The zero-order valence-corrected chi connectivity index (χ0v) is 16.0. The van der Waals surface area contributed by atoms with E-state index in [9.17, 15) is 4.79 Å². The third kappa shape index (κ3) is 4.49. The van der Waals surface area contributed by atoms with Crippen molar-refractivity contribution < 1.29 is 9.53 Å². The highest BCUT2D eigenvalue weighted by Gasteiger charge is 2.16. The van der Waals surface area contributed by atoms with Gasteiger partial charge in [-0.25, -0.2) is 0 Å². The van der Waals surface area contributed by atoms with Crippen molar-refractivity contribution in [2.75, 3.05) is 20.2 Å². The van der Waals surface area contributed by atoms with Crippen molar-refractivity contribution >= 4 is 16.8 Å². The molecule has 1 amide bonds. The molecule has 0 saturated heterocycles. The number of nitrogens with two attached hydrogens (primary N) is 1. The van der Waals surface area contributed by atoms with Gasteiger partial charge in [-0.1, -0.05) is 30.3 Å². The average Bonchev–Trinajstić information content (AvgIpc) is 3.00. The highest BCUT2D eigenvalue weighted by Crippen LogP contribution is 2.27. The summed E-state index contributed by atoms with van der Waals surface area (Å²) in [6.45, 7) is 3.70. The number of aromatic amines is 1. The lowest BCUT2D eigenvalue weighted by atomic mass is 10.1. The molecule has 1 heterocycles. The summed E-state index contributed by atoms with van der Waals surface area (Å²) in [5, 5.41) is 1.15. The summed E-state index contributed by atoms with van der Waals surface area (Å²) in [6.07, 6.45) is 1.15. The van der Waals surface area contributed by atoms with Crippen molar-refractivity contribution in [1.29, 1.82) is 0 Å². The fourth-order valence-corrected chi connectivity index (χ4v) is 3.43. The highest BCUT2D eigenvalue weighted by atomic mass is 16.5. The van der Waals surface area contributed by atoms with Gasteiger partial charge in [0.1, 0.15) is 5.75 Å². The van der Waals surface area contributed by atoms with Crippen LogP contribution in [0.4, 0.5) is 0 Å². The Morgan fingerprint density at radius 3 is 2.67 bits per heavy atom. The Hall–Kier alpha value is -2.79. The molecule has 3 N–H and O–H groups in total. The third-order valence-electron chi connectivity index (χ3n) is 4.89. The van der Waals surface area contributed by atoms with E-state index in [1.807, 2.05) is 47.4 Å². The lowest BCUT2D eigenvalue weighted by Crippen LogP contribution is -2.33. The van der Waals surface area contributed by atoms with Crippen LogP contribution in [0.1, 0.15) is 23.2 Å². The van der Waals surface area contributed by atoms with Crippen LogP contribution < -0.4 is 10.5 Å². The number of carbonyl (C=O) groups is 1. The zero-order valence-electron chi connectivity index (χ0n) is 16.0. The number of methoxy groups -OCH3 is 1. The van der Waals surface area contributed by atoms with E-state index in [0.717, 1.165) is 34.3 Å². The number of nitrogens with one attached hydrogen (secondary N) is 1. The lowest BCUT2D eigenvalue weighted by molar-refractivity contribution is -0.131. The number of benzene rings is 2. The largest absolute Gasteiger partial charge is 0.497 e. The van der Waals surface area contributed by atoms with E-state index in [1.165, 1.54) is 5.56 Å². The first kappa shape index (κ1) is 19.0. The topological polar surface area (TPSA) is 71.3 Å². The van der Waals surface area contributed by atoms with E-state index in [4.69, 9.17) is 10.5 Å². The van der Waals surface area contributed by atoms with Gasteiger partial charge in [0, 0.05) is 42.7 Å². The second-order valence-electron chi connectivity index (χ2n) is 6.73.